The van der Waals surface area contributed by atoms with Gasteiger partial charge in [-0.3, -0.25) is 34.0 Å². The topological polar surface area (TPSA) is 295 Å². The fourth-order valence-electron chi connectivity index (χ4n) is 5.94. The number of carbonyl (C=O) groups is 5. The normalized spacial score (nSPS) is 20.1. The highest BCUT2D eigenvalue weighted by atomic mass is 16.3. The highest BCUT2D eigenvalue weighted by molar-refractivity contribution is 5.96. The molecule has 3 aromatic rings. The Kier molecular flexibility index (Phi) is 15.0. The predicted molar refractivity (Wildman–Crippen MR) is 205 cm³/mol. The molecule has 288 valence electrons. The molecule has 17 nitrogen and oxygen atoms in total. The summed E-state index contributed by atoms with van der Waals surface area (Å²) in [6.07, 6.45) is 0.692. The second-order valence-corrected chi connectivity index (χ2v) is 13.0. The first-order chi connectivity index (χ1) is 25.9. The van der Waals surface area contributed by atoms with Crippen LogP contribution in [0.3, 0.4) is 0 Å². The number of benzene rings is 3. The van der Waals surface area contributed by atoms with E-state index in [1.54, 1.807) is 12.1 Å². The zero-order valence-corrected chi connectivity index (χ0v) is 29.9. The summed E-state index contributed by atoms with van der Waals surface area (Å²) in [5.74, 6) is -3.32. The minimum absolute atomic E-state index is 0.0265. The number of rotatable bonds is 12. The lowest BCUT2D eigenvalue weighted by Crippen LogP contribution is -2.59. The van der Waals surface area contributed by atoms with Gasteiger partial charge < -0.3 is 54.6 Å². The van der Waals surface area contributed by atoms with Crippen LogP contribution in [0.5, 0.6) is 5.75 Å². The highest BCUT2D eigenvalue weighted by Crippen LogP contribution is 2.17. The summed E-state index contributed by atoms with van der Waals surface area (Å²) in [6.45, 7) is 0.229. The zero-order chi connectivity index (χ0) is 39.0. The lowest BCUT2D eigenvalue weighted by molar-refractivity contribution is -0.135. The number of phenolic OH excluding ortho intramolecular Hbond substituents is 1. The third-order valence-electron chi connectivity index (χ3n) is 8.72. The van der Waals surface area contributed by atoms with Crippen molar-refractivity contribution in [1.29, 1.82) is 0 Å². The molecule has 0 spiro atoms. The van der Waals surface area contributed by atoms with E-state index in [1.165, 1.54) is 12.1 Å². The van der Waals surface area contributed by atoms with Crippen molar-refractivity contribution in [3.8, 4) is 5.75 Å². The lowest BCUT2D eigenvalue weighted by atomic mass is 10.00. The number of aromatic hydroxyl groups is 1. The number of hydrogen-bond donors (Lipinski definition) is 10. The van der Waals surface area contributed by atoms with E-state index in [-0.39, 0.29) is 82.2 Å². The summed E-state index contributed by atoms with van der Waals surface area (Å²) in [6, 6.07) is 15.0. The maximum Gasteiger partial charge on any atom is 0.243 e. The van der Waals surface area contributed by atoms with E-state index in [2.05, 4.69) is 36.6 Å². The Hall–Kier alpha value is -6.39. The van der Waals surface area contributed by atoms with E-state index >= 15 is 0 Å². The molecule has 4 atom stereocenters. The second kappa shape index (κ2) is 20.0. The first-order valence-corrected chi connectivity index (χ1v) is 17.7. The van der Waals surface area contributed by atoms with E-state index in [0.717, 1.165) is 16.3 Å². The molecule has 0 aliphatic carbocycles. The quantitative estimate of drug-likeness (QED) is 0.0607. The maximum atomic E-state index is 14.0. The Morgan fingerprint density at radius 1 is 0.611 bits per heavy atom. The average molecular weight is 744 g/mol. The molecule has 4 rings (SSSR count). The van der Waals surface area contributed by atoms with Gasteiger partial charge in [-0.1, -0.05) is 54.6 Å². The van der Waals surface area contributed by atoms with Crippen molar-refractivity contribution >= 4 is 52.2 Å². The van der Waals surface area contributed by atoms with Gasteiger partial charge in [0.1, 0.15) is 29.9 Å². The summed E-state index contributed by atoms with van der Waals surface area (Å²) in [5, 5.41) is 25.4. The van der Waals surface area contributed by atoms with Crippen LogP contribution < -0.4 is 49.5 Å². The standard InChI is InChI=1S/C37H49N11O6/c38-36(39)43-16-3-7-27-33(52)46-28(8-4-17-44-37(40)41)34(53)48-29(20-22-10-13-26(49)14-11-22)32(51)42-18-15-31(50)45-30(35(54)47-27)21-23-9-12-24-5-1-2-6-25(24)19-23/h1-2,5-6,9-14,19,27-30,49H,3-4,7-8,15-18,20-21H2,(H,42,51)(H,45,50)(H,46,52)(H,47,54)(H,48,53)(H4,38,39,43)(H4,40,41,44)/t27-,28-,29+,30-/m0/s1. The molecule has 5 amide bonds. The molecule has 3 aromatic carbocycles. The summed E-state index contributed by atoms with van der Waals surface area (Å²) in [5.41, 5.74) is 23.3. The van der Waals surface area contributed by atoms with Gasteiger partial charge in [0.05, 0.1) is 0 Å². The molecule has 1 saturated heterocycles. The Labute approximate surface area is 312 Å². The third-order valence-corrected chi connectivity index (χ3v) is 8.72. The van der Waals surface area contributed by atoms with Crippen molar-refractivity contribution in [3.63, 3.8) is 0 Å². The lowest BCUT2D eigenvalue weighted by Gasteiger charge is -2.27. The van der Waals surface area contributed by atoms with E-state index in [1.807, 2.05) is 42.5 Å². The fraction of sp³-hybridized carbons (Fsp3) is 0.378. The summed E-state index contributed by atoms with van der Waals surface area (Å²) >= 11 is 0. The van der Waals surface area contributed by atoms with Crippen molar-refractivity contribution in [3.05, 3.63) is 77.9 Å². The number of nitrogens with two attached hydrogens (primary N) is 4. The second-order valence-electron chi connectivity index (χ2n) is 13.0. The number of fused-ring (bicyclic) bond motifs is 1. The smallest absolute Gasteiger partial charge is 0.243 e. The van der Waals surface area contributed by atoms with E-state index in [4.69, 9.17) is 22.9 Å². The van der Waals surface area contributed by atoms with E-state index in [0.29, 0.717) is 5.56 Å². The van der Waals surface area contributed by atoms with Gasteiger partial charge in [-0.25, -0.2) is 0 Å². The summed E-state index contributed by atoms with van der Waals surface area (Å²) in [7, 11) is 0. The fourth-order valence-corrected chi connectivity index (χ4v) is 5.94. The Balaban J connectivity index is 1.66. The van der Waals surface area contributed by atoms with Crippen LogP contribution >= 0.6 is 0 Å². The number of guanidine groups is 2. The van der Waals surface area contributed by atoms with Crippen molar-refractivity contribution in [2.45, 2.75) is 69.1 Å². The monoisotopic (exact) mass is 743 g/mol. The molecule has 1 heterocycles. The molecule has 17 heteroatoms. The van der Waals surface area contributed by atoms with Gasteiger partial charge in [0.25, 0.3) is 0 Å². The SMILES string of the molecule is NC(N)=NCCC[C@@H]1NC(=O)[C@H](Cc2ccc3ccccc3c2)NC(=O)CCNC(=O)[C@@H](Cc2ccc(O)cc2)NC(=O)[C@H](CCCN=C(N)N)NC1=O. The van der Waals surface area contributed by atoms with Crippen LogP contribution in [0.15, 0.2) is 76.7 Å². The number of nitrogens with one attached hydrogen (secondary N) is 5. The van der Waals surface area contributed by atoms with Crippen molar-refractivity contribution in [2.24, 2.45) is 32.9 Å². The molecule has 0 unspecified atom stereocenters. The van der Waals surface area contributed by atoms with Crippen molar-refractivity contribution in [1.82, 2.24) is 26.6 Å². The highest BCUT2D eigenvalue weighted by Gasteiger charge is 2.32. The Bertz CT molecular complexity index is 1840. The van der Waals surface area contributed by atoms with E-state index < -0.39 is 53.7 Å². The molecular formula is C37H49N11O6. The van der Waals surface area contributed by atoms with Gasteiger partial charge in [-0.05, 0) is 59.7 Å². The van der Waals surface area contributed by atoms with Crippen LogP contribution in [0.2, 0.25) is 0 Å². The van der Waals surface area contributed by atoms with Crippen molar-refractivity contribution in [2.75, 3.05) is 19.6 Å². The first kappa shape index (κ1) is 40.4. The van der Waals surface area contributed by atoms with Gasteiger partial charge in [0, 0.05) is 38.9 Å². The average Bonchev–Trinajstić information content (AvgIpc) is 3.13. The van der Waals surface area contributed by atoms with Crippen LogP contribution in [-0.2, 0) is 36.8 Å². The molecular weight excluding hydrogens is 694 g/mol. The molecule has 54 heavy (non-hydrogen) atoms. The van der Waals surface area contributed by atoms with Crippen LogP contribution in [0.1, 0.15) is 43.2 Å². The Morgan fingerprint density at radius 3 is 1.70 bits per heavy atom. The van der Waals surface area contributed by atoms with Crippen LogP contribution in [0.25, 0.3) is 10.8 Å². The van der Waals surface area contributed by atoms with Gasteiger partial charge in [0.2, 0.25) is 29.5 Å². The number of carbonyl (C=O) groups excluding carboxylic acids is 5. The number of aliphatic imine (C=N–C) groups is 2. The number of nitrogens with zero attached hydrogens (tertiary/aromatic N) is 2. The molecule has 0 saturated carbocycles. The predicted octanol–water partition coefficient (Wildman–Crippen LogP) is -1.10. The molecule has 1 aliphatic rings. The summed E-state index contributed by atoms with van der Waals surface area (Å²) in [4.78, 5) is 76.5. The molecule has 1 fully saturated rings. The molecule has 0 aromatic heterocycles. The van der Waals surface area contributed by atoms with Gasteiger partial charge in [-0.2, -0.15) is 0 Å². The van der Waals surface area contributed by atoms with Crippen molar-refractivity contribution < 1.29 is 29.1 Å². The van der Waals surface area contributed by atoms with Crippen LogP contribution in [-0.4, -0.2) is 90.4 Å². The van der Waals surface area contributed by atoms with Crippen LogP contribution in [0, 0.1) is 0 Å². The minimum atomic E-state index is -1.17. The minimum Gasteiger partial charge on any atom is -0.508 e. The van der Waals surface area contributed by atoms with Crippen LogP contribution in [0.4, 0.5) is 0 Å². The number of hydrogen-bond acceptors (Lipinski definition) is 8. The number of phenols is 1. The molecule has 1 aliphatic heterocycles. The number of amides is 5. The molecule has 0 bridgehead atoms. The third kappa shape index (κ3) is 13.0. The Morgan fingerprint density at radius 2 is 1.11 bits per heavy atom. The largest absolute Gasteiger partial charge is 0.508 e. The van der Waals surface area contributed by atoms with E-state index in [9.17, 15) is 29.1 Å². The van der Waals surface area contributed by atoms with Gasteiger partial charge in [-0.15, -0.1) is 0 Å². The zero-order valence-electron chi connectivity index (χ0n) is 29.9. The summed E-state index contributed by atoms with van der Waals surface area (Å²) < 4.78 is 0. The first-order valence-electron chi connectivity index (χ1n) is 17.7. The van der Waals surface area contributed by atoms with Gasteiger partial charge in [0.15, 0.2) is 11.9 Å². The van der Waals surface area contributed by atoms with Gasteiger partial charge >= 0.3 is 0 Å². The maximum absolute atomic E-state index is 14.0. The molecule has 14 N–H and O–H groups in total. The molecule has 0 radical (unpaired) electrons.